The van der Waals surface area contributed by atoms with Crippen LogP contribution in [0.2, 0.25) is 0 Å². The summed E-state index contributed by atoms with van der Waals surface area (Å²) in [6, 6.07) is 0. The number of phenols is 2. The zero-order chi connectivity index (χ0) is 19.7. The summed E-state index contributed by atoms with van der Waals surface area (Å²) in [5.74, 6) is -0.997. The fourth-order valence-corrected chi connectivity index (χ4v) is 8.93. The van der Waals surface area contributed by atoms with Crippen LogP contribution < -0.4 is 0 Å². The Balaban J connectivity index is 1.60. The molecule has 6 nitrogen and oxygen atoms in total. The van der Waals surface area contributed by atoms with Crippen molar-refractivity contribution < 1.29 is 29.4 Å². The number of phenolic OH excluding ortho intramolecular Hbond substituents is 2. The predicted molar refractivity (Wildman–Crippen MR) is 106 cm³/mol. The molecule has 0 radical (unpaired) electrons. The third-order valence-electron chi connectivity index (χ3n) is 4.73. The molecule has 0 atom stereocenters. The molecule has 2 saturated carbocycles. The first-order valence-corrected chi connectivity index (χ1v) is 11.6. The van der Waals surface area contributed by atoms with Gasteiger partial charge in [-0.3, -0.25) is 19.2 Å². The molecule has 2 aliphatic carbocycles. The Labute approximate surface area is 175 Å². The topological polar surface area (TPSA) is 109 Å². The Morgan fingerprint density at radius 3 is 1.00 bits per heavy atom. The molecular formula is C18H10O6S4. The normalized spacial score (nSPS) is 21.4. The average molecular weight is 451 g/mol. The number of hydrogen-bond donors (Lipinski definition) is 2. The first-order chi connectivity index (χ1) is 13.4. The maximum atomic E-state index is 12.0. The van der Waals surface area contributed by atoms with E-state index in [4.69, 9.17) is 0 Å². The minimum absolute atomic E-state index is 0.0696. The van der Waals surface area contributed by atoms with E-state index < -0.39 is 0 Å². The van der Waals surface area contributed by atoms with Crippen LogP contribution in [0.25, 0.3) is 0 Å². The number of fused-ring (bicyclic) bond motifs is 2. The summed E-state index contributed by atoms with van der Waals surface area (Å²) in [7, 11) is 0. The van der Waals surface area contributed by atoms with Gasteiger partial charge in [0.25, 0.3) is 0 Å². The minimum Gasteiger partial charge on any atom is -0.505 e. The number of aromatic hydroxyl groups is 2. The number of allylic oxidation sites excluding steroid dienone is 2. The standard InChI is InChI=1S/C18H10O6S4/c19-5-1-2-6(20)9(5)17-25-13-11(23)15-16(12(24)14(13)26-17)28-18(27-15)10-7(21)3-4-8(10)22/h23-24H,1-4H2. The molecule has 0 aromatic heterocycles. The SMILES string of the molecule is O=C1CCC(=O)C1=C1Sc2c(O)c3c(c(O)c2S1)SC(=C1C(=O)CCC1=O)S3. The van der Waals surface area contributed by atoms with Gasteiger partial charge in [0.1, 0.15) is 11.5 Å². The highest BCUT2D eigenvalue weighted by Gasteiger charge is 2.41. The number of rotatable bonds is 0. The molecule has 10 heteroatoms. The Kier molecular flexibility index (Phi) is 4.24. The number of hydrogen-bond acceptors (Lipinski definition) is 10. The lowest BCUT2D eigenvalue weighted by Crippen LogP contribution is -2.00. The maximum absolute atomic E-state index is 12.0. The summed E-state index contributed by atoms with van der Waals surface area (Å²) in [5.41, 5.74) is 0.297. The van der Waals surface area contributed by atoms with Crippen molar-refractivity contribution in [2.24, 2.45) is 0 Å². The largest absolute Gasteiger partial charge is 0.505 e. The van der Waals surface area contributed by atoms with Crippen molar-refractivity contribution in [1.82, 2.24) is 0 Å². The van der Waals surface area contributed by atoms with Gasteiger partial charge in [-0.2, -0.15) is 0 Å². The smallest absolute Gasteiger partial charge is 0.168 e. The van der Waals surface area contributed by atoms with E-state index in [1.165, 1.54) is 0 Å². The van der Waals surface area contributed by atoms with Crippen molar-refractivity contribution in [2.75, 3.05) is 0 Å². The molecule has 1 aromatic rings. The van der Waals surface area contributed by atoms with Gasteiger partial charge in [-0.25, -0.2) is 0 Å². The molecule has 142 valence electrons. The molecule has 0 unspecified atom stereocenters. The van der Waals surface area contributed by atoms with Crippen LogP contribution in [0.5, 0.6) is 11.5 Å². The van der Waals surface area contributed by atoms with Crippen LogP contribution in [-0.2, 0) is 19.2 Å². The van der Waals surface area contributed by atoms with Gasteiger partial charge >= 0.3 is 0 Å². The number of carbonyl (C=O) groups is 4. The summed E-state index contributed by atoms with van der Waals surface area (Å²) < 4.78 is 0.956. The zero-order valence-electron chi connectivity index (χ0n) is 14.0. The van der Waals surface area contributed by atoms with Crippen LogP contribution in [0.15, 0.2) is 39.2 Å². The summed E-state index contributed by atoms with van der Waals surface area (Å²) >= 11 is 4.40. The minimum atomic E-state index is -0.214. The monoisotopic (exact) mass is 450 g/mol. The molecule has 2 heterocycles. The van der Waals surface area contributed by atoms with Gasteiger partial charge in [0.2, 0.25) is 0 Å². The number of ketones is 4. The van der Waals surface area contributed by atoms with Crippen molar-refractivity contribution in [2.45, 2.75) is 45.3 Å². The highest BCUT2D eigenvalue weighted by molar-refractivity contribution is 8.26. The Hall–Kier alpha value is -1.62. The van der Waals surface area contributed by atoms with E-state index in [2.05, 4.69) is 0 Å². The van der Waals surface area contributed by atoms with Crippen LogP contribution >= 0.6 is 47.0 Å². The van der Waals surface area contributed by atoms with Crippen LogP contribution in [0.3, 0.4) is 0 Å². The van der Waals surface area contributed by atoms with Gasteiger partial charge < -0.3 is 10.2 Å². The van der Waals surface area contributed by atoms with Gasteiger partial charge in [0.05, 0.1) is 39.2 Å². The van der Waals surface area contributed by atoms with Gasteiger partial charge in [0.15, 0.2) is 23.1 Å². The summed E-state index contributed by atoms with van der Waals surface area (Å²) in [6.45, 7) is 0. The predicted octanol–water partition coefficient (Wildman–Crippen LogP) is 3.78. The van der Waals surface area contributed by atoms with E-state index >= 15 is 0 Å². The molecule has 4 aliphatic rings. The molecule has 2 N–H and O–H groups in total. The summed E-state index contributed by atoms with van der Waals surface area (Å²) in [4.78, 5) is 49.7. The van der Waals surface area contributed by atoms with Crippen molar-refractivity contribution in [3.8, 4) is 11.5 Å². The van der Waals surface area contributed by atoms with E-state index in [0.29, 0.717) is 28.1 Å². The van der Waals surface area contributed by atoms with E-state index in [1.807, 2.05) is 0 Å². The zero-order valence-corrected chi connectivity index (χ0v) is 17.3. The van der Waals surface area contributed by atoms with Crippen LogP contribution in [0.4, 0.5) is 0 Å². The van der Waals surface area contributed by atoms with Crippen LogP contribution in [0, 0.1) is 0 Å². The third kappa shape index (κ3) is 2.54. The van der Waals surface area contributed by atoms with Crippen molar-refractivity contribution in [3.05, 3.63) is 19.6 Å². The van der Waals surface area contributed by atoms with Crippen LogP contribution in [-0.4, -0.2) is 33.3 Å². The number of benzene rings is 1. The van der Waals surface area contributed by atoms with Crippen molar-refractivity contribution in [3.63, 3.8) is 0 Å². The molecule has 2 aliphatic heterocycles. The second kappa shape index (κ2) is 6.45. The Morgan fingerprint density at radius 1 is 0.500 bits per heavy atom. The Bertz CT molecular complexity index is 950. The van der Waals surface area contributed by atoms with Gasteiger partial charge in [0, 0.05) is 25.7 Å². The second-order valence-electron chi connectivity index (χ2n) is 6.44. The molecule has 0 amide bonds. The lowest BCUT2D eigenvalue weighted by molar-refractivity contribution is -0.118. The highest BCUT2D eigenvalue weighted by atomic mass is 32.2. The molecule has 28 heavy (non-hydrogen) atoms. The molecule has 5 rings (SSSR count). The van der Waals surface area contributed by atoms with Crippen LogP contribution in [0.1, 0.15) is 25.7 Å². The lowest BCUT2D eigenvalue weighted by atomic mass is 10.2. The average Bonchev–Trinajstić information content (AvgIpc) is 3.40. The van der Waals surface area contributed by atoms with Crippen molar-refractivity contribution >= 4 is 70.2 Å². The first kappa shape index (κ1) is 18.4. The quantitative estimate of drug-likeness (QED) is 0.344. The van der Waals surface area contributed by atoms with Crippen molar-refractivity contribution in [1.29, 1.82) is 0 Å². The third-order valence-corrected chi connectivity index (χ3v) is 9.96. The van der Waals surface area contributed by atoms with E-state index in [-0.39, 0.29) is 71.5 Å². The van der Waals surface area contributed by atoms with Gasteiger partial charge in [-0.05, 0) is 0 Å². The molecule has 2 fully saturated rings. The van der Waals surface area contributed by atoms with E-state index in [0.717, 1.165) is 47.0 Å². The highest BCUT2D eigenvalue weighted by Crippen LogP contribution is 2.68. The Morgan fingerprint density at radius 2 is 0.750 bits per heavy atom. The maximum Gasteiger partial charge on any atom is 0.168 e. The summed E-state index contributed by atoms with van der Waals surface area (Å²) in [6.07, 6.45) is 0.755. The molecule has 1 aromatic carbocycles. The molecule has 0 spiro atoms. The lowest BCUT2D eigenvalue weighted by Gasteiger charge is -2.08. The fraction of sp³-hybridized carbons (Fsp3) is 0.222. The fourth-order valence-electron chi connectivity index (χ4n) is 3.35. The second-order valence-corrected chi connectivity index (χ2v) is 11.0. The first-order valence-electron chi connectivity index (χ1n) is 8.31. The van der Waals surface area contributed by atoms with E-state index in [9.17, 15) is 29.4 Å². The molecule has 0 saturated heterocycles. The number of Topliss-reactive ketones (excluding diaryl/α,β-unsaturated/α-hetero) is 4. The van der Waals surface area contributed by atoms with Gasteiger partial charge in [-0.15, -0.1) is 0 Å². The molecular weight excluding hydrogens is 440 g/mol. The number of thioether (sulfide) groups is 4. The summed E-state index contributed by atoms with van der Waals surface area (Å²) in [5, 5.41) is 21.6. The number of carbonyl (C=O) groups excluding carboxylic acids is 4. The molecule has 0 bridgehead atoms. The van der Waals surface area contributed by atoms with E-state index in [1.54, 1.807) is 0 Å². The van der Waals surface area contributed by atoms with Gasteiger partial charge in [-0.1, -0.05) is 47.0 Å².